The fourth-order valence-corrected chi connectivity index (χ4v) is 2.98. The van der Waals surface area contributed by atoms with Crippen LogP contribution in [0.1, 0.15) is 25.3 Å². The predicted molar refractivity (Wildman–Crippen MR) is 93.6 cm³/mol. The molecule has 4 N–H and O–H groups in total. The molecule has 2 rings (SSSR count). The molecule has 1 aromatic rings. The monoisotopic (exact) mass is 367 g/mol. The molecule has 1 aliphatic heterocycles. The SMILES string of the molecule is CCC(CO)(CO)NC(=O)C[C@H]1C(=O)NCCN1Cc1ccccc1F. The predicted octanol–water partition coefficient (Wildman–Crippen LogP) is -0.234. The first-order chi connectivity index (χ1) is 12.4. The second-order valence-corrected chi connectivity index (χ2v) is 6.57. The smallest absolute Gasteiger partial charge is 0.237 e. The summed E-state index contributed by atoms with van der Waals surface area (Å²) < 4.78 is 13.9. The van der Waals surface area contributed by atoms with E-state index in [9.17, 15) is 24.2 Å². The number of amides is 2. The Balaban J connectivity index is 2.09. The summed E-state index contributed by atoms with van der Waals surface area (Å²) in [5, 5.41) is 24.3. The van der Waals surface area contributed by atoms with Crippen LogP contribution in [0.2, 0.25) is 0 Å². The van der Waals surface area contributed by atoms with Crippen molar-refractivity contribution >= 4 is 11.8 Å². The van der Waals surface area contributed by atoms with Gasteiger partial charge < -0.3 is 20.8 Å². The van der Waals surface area contributed by atoms with Crippen LogP contribution < -0.4 is 10.6 Å². The lowest BCUT2D eigenvalue weighted by molar-refractivity contribution is -0.135. The van der Waals surface area contributed by atoms with Crippen LogP contribution in [-0.4, -0.2) is 64.8 Å². The van der Waals surface area contributed by atoms with Crippen LogP contribution in [0.25, 0.3) is 0 Å². The van der Waals surface area contributed by atoms with Crippen LogP contribution in [0.3, 0.4) is 0 Å². The highest BCUT2D eigenvalue weighted by Crippen LogP contribution is 2.17. The lowest BCUT2D eigenvalue weighted by atomic mass is 9.97. The van der Waals surface area contributed by atoms with E-state index in [0.29, 0.717) is 25.1 Å². The fraction of sp³-hybridized carbons (Fsp3) is 0.556. The van der Waals surface area contributed by atoms with Crippen molar-refractivity contribution in [2.45, 2.75) is 37.9 Å². The molecule has 1 fully saturated rings. The molecule has 26 heavy (non-hydrogen) atoms. The van der Waals surface area contributed by atoms with Crippen molar-refractivity contribution in [3.8, 4) is 0 Å². The van der Waals surface area contributed by atoms with Crippen molar-refractivity contribution in [2.24, 2.45) is 0 Å². The topological polar surface area (TPSA) is 102 Å². The van der Waals surface area contributed by atoms with Gasteiger partial charge in [-0.05, 0) is 12.5 Å². The largest absolute Gasteiger partial charge is 0.394 e. The molecule has 0 aromatic heterocycles. The van der Waals surface area contributed by atoms with Crippen LogP contribution >= 0.6 is 0 Å². The number of benzene rings is 1. The van der Waals surface area contributed by atoms with Crippen LogP contribution in [0, 0.1) is 5.82 Å². The van der Waals surface area contributed by atoms with Gasteiger partial charge in [-0.15, -0.1) is 0 Å². The van der Waals surface area contributed by atoms with Crippen molar-refractivity contribution in [3.63, 3.8) is 0 Å². The molecule has 0 spiro atoms. The number of nitrogens with one attached hydrogen (secondary N) is 2. The molecule has 1 atom stereocenters. The van der Waals surface area contributed by atoms with E-state index in [1.807, 2.05) is 0 Å². The summed E-state index contributed by atoms with van der Waals surface area (Å²) in [6, 6.07) is 5.59. The molecule has 1 aliphatic rings. The Morgan fingerprint density at radius 2 is 2.08 bits per heavy atom. The molecule has 1 saturated heterocycles. The minimum atomic E-state index is -1.11. The van der Waals surface area contributed by atoms with Gasteiger partial charge in [0.05, 0.1) is 31.2 Å². The first kappa shape index (κ1) is 20.3. The zero-order chi connectivity index (χ0) is 19.2. The van der Waals surface area contributed by atoms with Crippen molar-refractivity contribution in [1.82, 2.24) is 15.5 Å². The van der Waals surface area contributed by atoms with Gasteiger partial charge in [-0.1, -0.05) is 25.1 Å². The molecule has 7 nitrogen and oxygen atoms in total. The summed E-state index contributed by atoms with van der Waals surface area (Å²) >= 11 is 0. The molecule has 8 heteroatoms. The minimum Gasteiger partial charge on any atom is -0.394 e. The molecule has 1 aromatic carbocycles. The number of rotatable bonds is 8. The van der Waals surface area contributed by atoms with Gasteiger partial charge in [0.25, 0.3) is 0 Å². The maximum atomic E-state index is 13.9. The highest BCUT2D eigenvalue weighted by molar-refractivity contribution is 5.89. The van der Waals surface area contributed by atoms with Gasteiger partial charge >= 0.3 is 0 Å². The zero-order valence-electron chi connectivity index (χ0n) is 14.9. The molecule has 0 bridgehead atoms. The summed E-state index contributed by atoms with van der Waals surface area (Å²) in [5.41, 5.74) is -0.653. The fourth-order valence-electron chi connectivity index (χ4n) is 2.98. The zero-order valence-corrected chi connectivity index (χ0v) is 14.9. The van der Waals surface area contributed by atoms with Gasteiger partial charge in [0, 0.05) is 25.2 Å². The van der Waals surface area contributed by atoms with Gasteiger partial charge in [0.2, 0.25) is 11.8 Å². The quantitative estimate of drug-likeness (QED) is 0.508. The minimum absolute atomic E-state index is 0.137. The number of carbonyl (C=O) groups is 2. The Bertz CT molecular complexity index is 628. The number of hydrogen-bond donors (Lipinski definition) is 4. The molecule has 0 aliphatic carbocycles. The maximum Gasteiger partial charge on any atom is 0.237 e. The van der Waals surface area contributed by atoms with Crippen molar-refractivity contribution in [3.05, 3.63) is 35.6 Å². The molecule has 0 radical (unpaired) electrons. The van der Waals surface area contributed by atoms with Gasteiger partial charge in [0.1, 0.15) is 5.82 Å². The third-order valence-electron chi connectivity index (χ3n) is 4.84. The van der Waals surface area contributed by atoms with Crippen LogP contribution in [0.15, 0.2) is 24.3 Å². The third kappa shape index (κ3) is 4.78. The van der Waals surface area contributed by atoms with Crippen molar-refractivity contribution in [1.29, 1.82) is 0 Å². The Morgan fingerprint density at radius 1 is 1.38 bits per heavy atom. The Labute approximate surface area is 152 Å². The highest BCUT2D eigenvalue weighted by atomic mass is 19.1. The van der Waals surface area contributed by atoms with E-state index < -0.39 is 30.7 Å². The molecule has 0 unspecified atom stereocenters. The molecule has 2 amide bonds. The van der Waals surface area contributed by atoms with Gasteiger partial charge in [0.15, 0.2) is 0 Å². The Hall–Kier alpha value is -2.03. The number of carbonyl (C=O) groups excluding carboxylic acids is 2. The average molecular weight is 367 g/mol. The Kier molecular flexibility index (Phi) is 7.07. The average Bonchev–Trinajstić information content (AvgIpc) is 2.64. The highest BCUT2D eigenvalue weighted by Gasteiger charge is 2.35. The summed E-state index contributed by atoms with van der Waals surface area (Å²) in [5.74, 6) is -1.10. The Morgan fingerprint density at radius 3 is 2.69 bits per heavy atom. The van der Waals surface area contributed by atoms with Crippen LogP contribution in [0.5, 0.6) is 0 Å². The van der Waals surface area contributed by atoms with E-state index >= 15 is 0 Å². The molecule has 0 saturated carbocycles. The summed E-state index contributed by atoms with van der Waals surface area (Å²) in [6.45, 7) is 2.08. The van der Waals surface area contributed by atoms with Crippen molar-refractivity contribution < 1.29 is 24.2 Å². The summed E-state index contributed by atoms with van der Waals surface area (Å²) in [7, 11) is 0. The van der Waals surface area contributed by atoms with E-state index in [2.05, 4.69) is 10.6 Å². The van der Waals surface area contributed by atoms with E-state index in [1.165, 1.54) is 6.07 Å². The lowest BCUT2D eigenvalue weighted by Crippen LogP contribution is -2.59. The third-order valence-corrected chi connectivity index (χ3v) is 4.84. The second-order valence-electron chi connectivity index (χ2n) is 6.57. The van der Waals surface area contributed by atoms with E-state index in [1.54, 1.807) is 30.0 Å². The second kappa shape index (κ2) is 9.07. The number of piperazine rings is 1. The van der Waals surface area contributed by atoms with Crippen LogP contribution in [0.4, 0.5) is 4.39 Å². The summed E-state index contributed by atoms with van der Waals surface area (Å²) in [4.78, 5) is 26.4. The normalized spacial score (nSPS) is 18.5. The number of aliphatic hydroxyl groups excluding tert-OH is 2. The van der Waals surface area contributed by atoms with Crippen LogP contribution in [-0.2, 0) is 16.1 Å². The number of hydrogen-bond acceptors (Lipinski definition) is 5. The lowest BCUT2D eigenvalue weighted by Gasteiger charge is -2.36. The van der Waals surface area contributed by atoms with E-state index in [4.69, 9.17) is 0 Å². The standard InChI is InChI=1S/C18H26FN3O4/c1-2-18(11-23,12-24)21-16(25)9-15-17(26)20-7-8-22(15)10-13-5-3-4-6-14(13)19/h3-6,15,23-24H,2,7-12H2,1H3,(H,20,26)(H,21,25)/t15-/m0/s1. The number of aliphatic hydroxyl groups is 2. The molecular weight excluding hydrogens is 341 g/mol. The first-order valence-electron chi connectivity index (χ1n) is 8.72. The first-order valence-corrected chi connectivity index (χ1v) is 8.72. The molecular formula is C18H26FN3O4. The molecule has 1 heterocycles. The van der Waals surface area contributed by atoms with Crippen molar-refractivity contribution in [2.75, 3.05) is 26.3 Å². The van der Waals surface area contributed by atoms with E-state index in [0.717, 1.165) is 0 Å². The maximum absolute atomic E-state index is 13.9. The number of nitrogens with zero attached hydrogens (tertiary/aromatic N) is 1. The van der Waals surface area contributed by atoms with Gasteiger partial charge in [-0.3, -0.25) is 14.5 Å². The summed E-state index contributed by atoms with van der Waals surface area (Å²) in [6.07, 6.45) is 0.212. The molecule has 144 valence electrons. The van der Waals surface area contributed by atoms with Gasteiger partial charge in [-0.2, -0.15) is 0 Å². The van der Waals surface area contributed by atoms with E-state index in [-0.39, 0.29) is 24.7 Å². The number of halogens is 1. The van der Waals surface area contributed by atoms with Gasteiger partial charge in [-0.25, -0.2) is 4.39 Å².